The minimum absolute atomic E-state index is 0.0811. The van der Waals surface area contributed by atoms with Crippen LogP contribution >= 0.6 is 0 Å². The van der Waals surface area contributed by atoms with Gasteiger partial charge in [0.15, 0.2) is 5.69 Å². The van der Waals surface area contributed by atoms with Gasteiger partial charge in [-0.2, -0.15) is 0 Å². The first kappa shape index (κ1) is 16.0. The molecule has 126 valence electrons. The highest BCUT2D eigenvalue weighted by atomic mass is 16.5. The second-order valence-electron chi connectivity index (χ2n) is 5.34. The standard InChI is InChI=1S/C16H17N3O5/c20-9-8-18-6-7-19-14(21)13(12(15(22)23)17-16(18)19)24-10-11-4-2-1-3-5-11/h1-5,20H,6-10H2,(H,22,23). The predicted octanol–water partition coefficient (Wildman–Crippen LogP) is 0.333. The number of hydrogen-bond donors (Lipinski definition) is 2. The van der Waals surface area contributed by atoms with Crippen molar-refractivity contribution < 1.29 is 19.7 Å². The van der Waals surface area contributed by atoms with Crippen LogP contribution in [0.5, 0.6) is 5.75 Å². The monoisotopic (exact) mass is 331 g/mol. The molecule has 0 saturated heterocycles. The van der Waals surface area contributed by atoms with Crippen molar-refractivity contribution in [2.75, 3.05) is 24.6 Å². The van der Waals surface area contributed by atoms with Gasteiger partial charge in [0.05, 0.1) is 6.61 Å². The van der Waals surface area contributed by atoms with Gasteiger partial charge in [-0.3, -0.25) is 9.36 Å². The molecule has 1 aromatic heterocycles. The first-order chi connectivity index (χ1) is 11.6. The average molecular weight is 331 g/mol. The van der Waals surface area contributed by atoms with Crippen molar-refractivity contribution in [3.05, 3.63) is 51.9 Å². The van der Waals surface area contributed by atoms with Crippen LogP contribution in [0.3, 0.4) is 0 Å². The largest absolute Gasteiger partial charge is 0.481 e. The van der Waals surface area contributed by atoms with Crippen molar-refractivity contribution in [2.45, 2.75) is 13.2 Å². The van der Waals surface area contributed by atoms with Gasteiger partial charge in [-0.05, 0) is 5.56 Å². The predicted molar refractivity (Wildman–Crippen MR) is 85.5 cm³/mol. The minimum atomic E-state index is -1.32. The highest BCUT2D eigenvalue weighted by Gasteiger charge is 2.28. The molecule has 0 bridgehead atoms. The van der Waals surface area contributed by atoms with E-state index in [1.165, 1.54) is 4.57 Å². The molecule has 8 heteroatoms. The van der Waals surface area contributed by atoms with Gasteiger partial charge in [0, 0.05) is 19.6 Å². The summed E-state index contributed by atoms with van der Waals surface area (Å²) in [5.74, 6) is -1.34. The van der Waals surface area contributed by atoms with Crippen molar-refractivity contribution in [1.29, 1.82) is 0 Å². The fourth-order valence-corrected chi connectivity index (χ4v) is 2.63. The molecule has 24 heavy (non-hydrogen) atoms. The Morgan fingerprint density at radius 3 is 2.67 bits per heavy atom. The summed E-state index contributed by atoms with van der Waals surface area (Å²) in [4.78, 5) is 29.8. The van der Waals surface area contributed by atoms with E-state index in [1.54, 1.807) is 4.90 Å². The van der Waals surface area contributed by atoms with Gasteiger partial charge in [-0.25, -0.2) is 9.78 Å². The molecule has 0 saturated carbocycles. The molecule has 0 atom stereocenters. The number of carboxylic acid groups (broad SMARTS) is 1. The number of benzene rings is 1. The second-order valence-corrected chi connectivity index (χ2v) is 5.34. The third-order valence-electron chi connectivity index (χ3n) is 3.78. The second kappa shape index (κ2) is 6.71. The van der Waals surface area contributed by atoms with E-state index in [1.807, 2.05) is 30.3 Å². The number of nitrogens with zero attached hydrogens (tertiary/aromatic N) is 3. The van der Waals surface area contributed by atoms with E-state index in [9.17, 15) is 14.7 Å². The number of aromatic nitrogens is 2. The molecule has 0 spiro atoms. The number of ether oxygens (including phenoxy) is 1. The van der Waals surface area contributed by atoms with E-state index in [0.717, 1.165) is 5.56 Å². The SMILES string of the molecule is O=C(O)c1nc2n(c(=O)c1OCc1ccccc1)CCN2CCO. The maximum absolute atomic E-state index is 12.6. The summed E-state index contributed by atoms with van der Waals surface area (Å²) < 4.78 is 6.87. The van der Waals surface area contributed by atoms with E-state index in [0.29, 0.717) is 13.1 Å². The molecular weight excluding hydrogens is 314 g/mol. The molecule has 0 fully saturated rings. The Balaban J connectivity index is 1.97. The molecule has 2 heterocycles. The van der Waals surface area contributed by atoms with Gasteiger partial charge in [0.2, 0.25) is 11.7 Å². The van der Waals surface area contributed by atoms with Crippen molar-refractivity contribution >= 4 is 11.9 Å². The van der Waals surface area contributed by atoms with Gasteiger partial charge >= 0.3 is 5.97 Å². The van der Waals surface area contributed by atoms with Gasteiger partial charge in [-0.1, -0.05) is 30.3 Å². The average Bonchev–Trinajstić information content (AvgIpc) is 2.98. The van der Waals surface area contributed by atoms with E-state index in [-0.39, 0.29) is 31.5 Å². The lowest BCUT2D eigenvalue weighted by Gasteiger charge is -2.16. The third-order valence-corrected chi connectivity index (χ3v) is 3.78. The Bertz CT molecular complexity index is 803. The van der Waals surface area contributed by atoms with Crippen LogP contribution in [0.1, 0.15) is 16.1 Å². The number of β-amino-alcohol motifs (C(OH)–C–C–N with tert-alkyl or cyclic N) is 1. The fourth-order valence-electron chi connectivity index (χ4n) is 2.63. The normalized spacial score (nSPS) is 13.0. The van der Waals surface area contributed by atoms with Crippen LogP contribution in [-0.2, 0) is 13.2 Å². The maximum Gasteiger partial charge on any atom is 0.358 e. The van der Waals surface area contributed by atoms with Crippen LogP contribution in [0, 0.1) is 0 Å². The first-order valence-electron chi connectivity index (χ1n) is 7.52. The molecular formula is C16H17N3O5. The molecule has 0 radical (unpaired) electrons. The third kappa shape index (κ3) is 2.95. The maximum atomic E-state index is 12.6. The zero-order valence-electron chi connectivity index (χ0n) is 12.9. The number of aliphatic hydroxyl groups excluding tert-OH is 1. The highest BCUT2D eigenvalue weighted by molar-refractivity contribution is 5.88. The van der Waals surface area contributed by atoms with E-state index in [2.05, 4.69) is 4.98 Å². The summed E-state index contributed by atoms with van der Waals surface area (Å²) in [6.07, 6.45) is 0. The summed E-state index contributed by atoms with van der Waals surface area (Å²) in [5.41, 5.74) is -0.110. The topological polar surface area (TPSA) is 105 Å². The Hall–Kier alpha value is -2.87. The minimum Gasteiger partial charge on any atom is -0.481 e. The Labute approximate surface area is 137 Å². The molecule has 8 nitrogen and oxygen atoms in total. The summed E-state index contributed by atoms with van der Waals surface area (Å²) in [6.45, 7) is 1.13. The fraction of sp³-hybridized carbons (Fsp3) is 0.312. The highest BCUT2D eigenvalue weighted by Crippen LogP contribution is 2.22. The molecule has 0 aliphatic carbocycles. The Kier molecular flexibility index (Phi) is 4.48. The number of aromatic carboxylic acids is 1. The van der Waals surface area contributed by atoms with Crippen LogP contribution in [0.2, 0.25) is 0 Å². The smallest absolute Gasteiger partial charge is 0.358 e. The van der Waals surface area contributed by atoms with Gasteiger partial charge in [0.1, 0.15) is 6.61 Å². The summed E-state index contributed by atoms with van der Waals surface area (Å²) in [7, 11) is 0. The van der Waals surface area contributed by atoms with Crippen LogP contribution in [0.25, 0.3) is 0 Å². The van der Waals surface area contributed by atoms with Crippen molar-refractivity contribution in [1.82, 2.24) is 9.55 Å². The van der Waals surface area contributed by atoms with Crippen molar-refractivity contribution in [2.24, 2.45) is 0 Å². The quantitative estimate of drug-likeness (QED) is 0.786. The lowest BCUT2D eigenvalue weighted by Crippen LogP contribution is -2.28. The molecule has 2 aromatic rings. The number of anilines is 1. The summed E-state index contributed by atoms with van der Waals surface area (Å²) >= 11 is 0. The van der Waals surface area contributed by atoms with Gasteiger partial charge in [0.25, 0.3) is 5.56 Å². The lowest BCUT2D eigenvalue weighted by atomic mass is 10.2. The molecule has 1 aromatic carbocycles. The lowest BCUT2D eigenvalue weighted by molar-refractivity contribution is 0.0684. The number of rotatable bonds is 6. The Morgan fingerprint density at radius 1 is 1.25 bits per heavy atom. The zero-order valence-corrected chi connectivity index (χ0v) is 12.9. The number of carboxylic acids is 1. The number of aliphatic hydroxyl groups is 1. The van der Waals surface area contributed by atoms with Gasteiger partial charge < -0.3 is 19.8 Å². The molecule has 2 N–H and O–H groups in total. The van der Waals surface area contributed by atoms with E-state index >= 15 is 0 Å². The summed E-state index contributed by atoms with van der Waals surface area (Å²) in [6, 6.07) is 9.16. The summed E-state index contributed by atoms with van der Waals surface area (Å²) in [5, 5.41) is 18.4. The first-order valence-corrected chi connectivity index (χ1v) is 7.52. The van der Waals surface area contributed by atoms with Crippen molar-refractivity contribution in [3.8, 4) is 5.75 Å². The number of hydrogen-bond acceptors (Lipinski definition) is 6. The van der Waals surface area contributed by atoms with Crippen LogP contribution < -0.4 is 15.2 Å². The van der Waals surface area contributed by atoms with Gasteiger partial charge in [-0.15, -0.1) is 0 Å². The van der Waals surface area contributed by atoms with Crippen molar-refractivity contribution in [3.63, 3.8) is 0 Å². The van der Waals surface area contributed by atoms with E-state index < -0.39 is 17.2 Å². The van der Waals surface area contributed by atoms with Crippen LogP contribution in [0.15, 0.2) is 35.1 Å². The van der Waals surface area contributed by atoms with Crippen LogP contribution in [0.4, 0.5) is 5.95 Å². The molecule has 0 unspecified atom stereocenters. The van der Waals surface area contributed by atoms with Crippen LogP contribution in [-0.4, -0.2) is 45.4 Å². The molecule has 0 amide bonds. The Morgan fingerprint density at radius 2 is 2.00 bits per heavy atom. The van der Waals surface area contributed by atoms with E-state index in [4.69, 9.17) is 9.84 Å². The number of fused-ring (bicyclic) bond motifs is 1. The molecule has 1 aliphatic rings. The molecule has 1 aliphatic heterocycles. The molecule has 3 rings (SSSR count). The zero-order chi connectivity index (χ0) is 17.1. The number of carbonyl (C=O) groups is 1.